The highest BCUT2D eigenvalue weighted by molar-refractivity contribution is 7.92. The summed E-state index contributed by atoms with van der Waals surface area (Å²) in [7, 11) is -3.60. The van der Waals surface area contributed by atoms with Gasteiger partial charge in [-0.2, -0.15) is 0 Å². The third-order valence-electron chi connectivity index (χ3n) is 3.46. The molecular formula is C15H21N3O2S. The zero-order valence-corrected chi connectivity index (χ0v) is 13.4. The van der Waals surface area contributed by atoms with E-state index in [0.717, 1.165) is 16.8 Å². The number of hydrogen-bond donors (Lipinski definition) is 2. The molecule has 1 aromatic heterocycles. The average Bonchev–Trinajstić information content (AvgIpc) is 2.86. The standard InChI is InChI=1S/C15H21N3O2S/c1-4-18-10-14(8-13(18)9-16)21(19,20)17-15-7-11(2)5-6-12(15)3/h5-8,10,17H,4,9,16H2,1-3H3. The Labute approximate surface area is 125 Å². The van der Waals surface area contributed by atoms with Crippen molar-refractivity contribution >= 4 is 15.7 Å². The van der Waals surface area contributed by atoms with Crippen LogP contribution in [0.5, 0.6) is 0 Å². The molecule has 114 valence electrons. The number of nitrogens with zero attached hydrogens (tertiary/aromatic N) is 1. The van der Waals surface area contributed by atoms with Crippen molar-refractivity contribution in [3.8, 4) is 0 Å². The van der Waals surface area contributed by atoms with Gasteiger partial charge >= 0.3 is 0 Å². The molecule has 21 heavy (non-hydrogen) atoms. The summed E-state index contributed by atoms with van der Waals surface area (Å²) in [5, 5.41) is 0. The van der Waals surface area contributed by atoms with Crippen molar-refractivity contribution in [2.45, 2.75) is 38.8 Å². The van der Waals surface area contributed by atoms with E-state index in [2.05, 4.69) is 4.72 Å². The largest absolute Gasteiger partial charge is 0.349 e. The molecule has 0 bridgehead atoms. The fourth-order valence-corrected chi connectivity index (χ4v) is 3.37. The number of anilines is 1. The number of nitrogens with one attached hydrogen (secondary N) is 1. The van der Waals surface area contributed by atoms with Crippen molar-refractivity contribution < 1.29 is 8.42 Å². The van der Waals surface area contributed by atoms with E-state index in [1.165, 1.54) is 0 Å². The molecule has 2 rings (SSSR count). The topological polar surface area (TPSA) is 77.1 Å². The van der Waals surface area contributed by atoms with Crippen LogP contribution in [0.3, 0.4) is 0 Å². The van der Waals surface area contributed by atoms with Gasteiger partial charge in [0, 0.05) is 25.0 Å². The summed E-state index contributed by atoms with van der Waals surface area (Å²) < 4.78 is 29.5. The van der Waals surface area contributed by atoms with Gasteiger partial charge in [0.1, 0.15) is 4.90 Å². The van der Waals surface area contributed by atoms with Crippen LogP contribution in [0.4, 0.5) is 5.69 Å². The molecule has 0 fully saturated rings. The lowest BCUT2D eigenvalue weighted by molar-refractivity contribution is 0.600. The first kappa shape index (κ1) is 15.6. The summed E-state index contributed by atoms with van der Waals surface area (Å²) in [5.41, 5.74) is 8.95. The van der Waals surface area contributed by atoms with Crippen LogP contribution in [0.1, 0.15) is 23.7 Å². The molecule has 0 unspecified atom stereocenters. The number of benzene rings is 1. The molecule has 0 aliphatic rings. The van der Waals surface area contributed by atoms with E-state index in [9.17, 15) is 8.42 Å². The molecular weight excluding hydrogens is 286 g/mol. The van der Waals surface area contributed by atoms with Gasteiger partial charge in [0.15, 0.2) is 0 Å². The molecule has 0 aliphatic heterocycles. The fraction of sp³-hybridized carbons (Fsp3) is 0.333. The van der Waals surface area contributed by atoms with Crippen molar-refractivity contribution in [3.63, 3.8) is 0 Å². The van der Waals surface area contributed by atoms with Crippen LogP contribution in [0, 0.1) is 13.8 Å². The van der Waals surface area contributed by atoms with Crippen LogP contribution in [0.15, 0.2) is 35.4 Å². The summed E-state index contributed by atoms with van der Waals surface area (Å²) in [6.07, 6.45) is 1.62. The first-order valence-electron chi connectivity index (χ1n) is 6.86. The first-order valence-corrected chi connectivity index (χ1v) is 8.35. The van der Waals surface area contributed by atoms with Crippen molar-refractivity contribution in [1.29, 1.82) is 0 Å². The lowest BCUT2D eigenvalue weighted by Crippen LogP contribution is -2.13. The molecule has 0 saturated heterocycles. The Morgan fingerprint density at radius 1 is 1.24 bits per heavy atom. The number of aryl methyl sites for hydroxylation is 3. The molecule has 2 aromatic rings. The minimum absolute atomic E-state index is 0.241. The van der Waals surface area contributed by atoms with Gasteiger partial charge in [-0.3, -0.25) is 4.72 Å². The molecule has 0 radical (unpaired) electrons. The van der Waals surface area contributed by atoms with Gasteiger partial charge in [-0.25, -0.2) is 8.42 Å². The van der Waals surface area contributed by atoms with Crippen LogP contribution >= 0.6 is 0 Å². The third-order valence-corrected chi connectivity index (χ3v) is 4.79. The normalized spacial score (nSPS) is 11.6. The second-order valence-corrected chi connectivity index (χ2v) is 6.76. The minimum atomic E-state index is -3.60. The Morgan fingerprint density at radius 2 is 1.95 bits per heavy atom. The van der Waals surface area contributed by atoms with Gasteiger partial charge in [0.2, 0.25) is 0 Å². The Kier molecular flexibility index (Phi) is 4.39. The summed E-state index contributed by atoms with van der Waals surface area (Å²) in [6.45, 7) is 6.75. The van der Waals surface area contributed by atoms with Crippen molar-refractivity contribution in [3.05, 3.63) is 47.3 Å². The van der Waals surface area contributed by atoms with Gasteiger partial charge in [-0.05, 0) is 44.0 Å². The molecule has 5 nitrogen and oxygen atoms in total. The Morgan fingerprint density at radius 3 is 2.52 bits per heavy atom. The molecule has 3 N–H and O–H groups in total. The third kappa shape index (κ3) is 3.28. The zero-order valence-electron chi connectivity index (χ0n) is 12.6. The van der Waals surface area contributed by atoms with Crippen LogP contribution in [0.25, 0.3) is 0 Å². The van der Waals surface area contributed by atoms with E-state index in [1.54, 1.807) is 12.3 Å². The maximum atomic E-state index is 12.5. The quantitative estimate of drug-likeness (QED) is 0.890. The van der Waals surface area contributed by atoms with E-state index in [1.807, 2.05) is 43.5 Å². The first-order chi connectivity index (χ1) is 9.87. The lowest BCUT2D eigenvalue weighted by atomic mass is 10.1. The maximum absolute atomic E-state index is 12.5. The van der Waals surface area contributed by atoms with Crippen molar-refractivity contribution in [2.75, 3.05) is 4.72 Å². The Hall–Kier alpha value is -1.79. The van der Waals surface area contributed by atoms with E-state index >= 15 is 0 Å². The zero-order chi connectivity index (χ0) is 15.6. The molecule has 0 atom stereocenters. The molecule has 0 spiro atoms. The van der Waals surface area contributed by atoms with Gasteiger partial charge in [0.25, 0.3) is 10.0 Å². The Balaban J connectivity index is 2.38. The maximum Gasteiger partial charge on any atom is 0.263 e. The second kappa shape index (κ2) is 5.91. The summed E-state index contributed by atoms with van der Waals surface area (Å²) in [6, 6.07) is 7.30. The molecule has 1 heterocycles. The summed E-state index contributed by atoms with van der Waals surface area (Å²) in [4.78, 5) is 0.241. The number of aromatic nitrogens is 1. The monoisotopic (exact) mass is 307 g/mol. The minimum Gasteiger partial charge on any atom is -0.349 e. The van der Waals surface area contributed by atoms with Crippen LogP contribution < -0.4 is 10.5 Å². The smallest absolute Gasteiger partial charge is 0.263 e. The van der Waals surface area contributed by atoms with E-state index in [4.69, 9.17) is 5.73 Å². The number of hydrogen-bond acceptors (Lipinski definition) is 3. The van der Waals surface area contributed by atoms with Crippen molar-refractivity contribution in [2.24, 2.45) is 5.73 Å². The predicted octanol–water partition coefficient (Wildman–Crippen LogP) is 2.38. The van der Waals surface area contributed by atoms with Crippen LogP contribution in [0.2, 0.25) is 0 Å². The molecule has 6 heteroatoms. The molecule has 0 amide bonds. The fourth-order valence-electron chi connectivity index (χ4n) is 2.19. The van der Waals surface area contributed by atoms with E-state index < -0.39 is 10.0 Å². The van der Waals surface area contributed by atoms with Crippen LogP contribution in [-0.4, -0.2) is 13.0 Å². The predicted molar refractivity (Wildman–Crippen MR) is 84.7 cm³/mol. The number of rotatable bonds is 5. The van der Waals surface area contributed by atoms with Gasteiger partial charge in [-0.15, -0.1) is 0 Å². The van der Waals surface area contributed by atoms with Gasteiger partial charge < -0.3 is 10.3 Å². The van der Waals surface area contributed by atoms with Crippen LogP contribution in [-0.2, 0) is 23.1 Å². The Bertz CT molecular complexity index is 727. The van der Waals surface area contributed by atoms with Gasteiger partial charge in [-0.1, -0.05) is 12.1 Å². The summed E-state index contributed by atoms with van der Waals surface area (Å²) >= 11 is 0. The summed E-state index contributed by atoms with van der Waals surface area (Å²) in [5.74, 6) is 0. The lowest BCUT2D eigenvalue weighted by Gasteiger charge is -2.10. The van der Waals surface area contributed by atoms with Crippen molar-refractivity contribution in [1.82, 2.24) is 4.57 Å². The number of nitrogens with two attached hydrogens (primary N) is 1. The molecule has 1 aromatic carbocycles. The highest BCUT2D eigenvalue weighted by Gasteiger charge is 2.18. The highest BCUT2D eigenvalue weighted by atomic mass is 32.2. The molecule has 0 saturated carbocycles. The van der Waals surface area contributed by atoms with E-state index in [0.29, 0.717) is 18.8 Å². The molecule has 0 aliphatic carbocycles. The van der Waals surface area contributed by atoms with E-state index in [-0.39, 0.29) is 4.90 Å². The van der Waals surface area contributed by atoms with Gasteiger partial charge in [0.05, 0.1) is 5.69 Å². The number of sulfonamides is 1. The average molecular weight is 307 g/mol. The second-order valence-electron chi connectivity index (χ2n) is 5.08. The SMILES string of the molecule is CCn1cc(S(=O)(=O)Nc2cc(C)ccc2C)cc1CN. The highest BCUT2D eigenvalue weighted by Crippen LogP contribution is 2.22.